The van der Waals surface area contributed by atoms with Crippen LogP contribution in [-0.4, -0.2) is 18.5 Å². The zero-order chi connectivity index (χ0) is 16.1. The Morgan fingerprint density at radius 2 is 1.65 bits per heavy atom. The molecule has 23 heavy (non-hydrogen) atoms. The van der Waals surface area contributed by atoms with Gasteiger partial charge in [0.2, 0.25) is 5.91 Å². The van der Waals surface area contributed by atoms with Gasteiger partial charge in [-0.15, -0.1) is 0 Å². The van der Waals surface area contributed by atoms with Crippen LogP contribution >= 0.6 is 15.9 Å². The van der Waals surface area contributed by atoms with E-state index in [1.807, 2.05) is 48.5 Å². The maximum atomic E-state index is 12.0. The summed E-state index contributed by atoms with van der Waals surface area (Å²) in [4.78, 5) is 12.0. The first-order valence-corrected chi connectivity index (χ1v) is 8.58. The van der Waals surface area contributed by atoms with E-state index in [1.165, 1.54) is 0 Å². The van der Waals surface area contributed by atoms with Crippen LogP contribution < -0.4 is 15.4 Å². The van der Waals surface area contributed by atoms with Gasteiger partial charge in [0.05, 0.1) is 0 Å². The number of ether oxygens (including phenoxy) is 1. The summed E-state index contributed by atoms with van der Waals surface area (Å²) in [6, 6.07) is 15.2. The molecule has 0 aliphatic carbocycles. The largest absolute Gasteiger partial charge is 0.457 e. The lowest BCUT2D eigenvalue weighted by molar-refractivity contribution is -0.121. The highest BCUT2D eigenvalue weighted by molar-refractivity contribution is 9.10. The van der Waals surface area contributed by atoms with Crippen molar-refractivity contribution in [2.24, 2.45) is 0 Å². The first kappa shape index (κ1) is 15.9. The molecule has 3 rings (SSSR count). The van der Waals surface area contributed by atoms with Crippen LogP contribution in [0.5, 0.6) is 11.5 Å². The SMILES string of the molecule is O=C1NCCCC[C@@H]1Nc1ccc(Oc2ccc(Br)cc2)cc1. The van der Waals surface area contributed by atoms with Crippen molar-refractivity contribution in [1.82, 2.24) is 5.32 Å². The molecular weight excluding hydrogens is 356 g/mol. The first-order chi connectivity index (χ1) is 11.2. The fraction of sp³-hybridized carbons (Fsp3) is 0.278. The van der Waals surface area contributed by atoms with Gasteiger partial charge in [-0.1, -0.05) is 15.9 Å². The molecule has 4 nitrogen and oxygen atoms in total. The van der Waals surface area contributed by atoms with Gasteiger partial charge in [-0.25, -0.2) is 0 Å². The molecule has 1 saturated heterocycles. The minimum absolute atomic E-state index is 0.0812. The van der Waals surface area contributed by atoms with E-state index < -0.39 is 0 Å². The number of carbonyl (C=O) groups excluding carboxylic acids is 1. The van der Waals surface area contributed by atoms with Gasteiger partial charge in [0.25, 0.3) is 0 Å². The Morgan fingerprint density at radius 1 is 1.00 bits per heavy atom. The lowest BCUT2D eigenvalue weighted by Crippen LogP contribution is -2.37. The van der Waals surface area contributed by atoms with Crippen LogP contribution in [0.2, 0.25) is 0 Å². The molecule has 0 aromatic heterocycles. The standard InChI is InChI=1S/C18H19BrN2O2/c19-13-4-8-15(9-5-13)23-16-10-6-14(7-11-16)21-17-3-1-2-12-20-18(17)22/h4-11,17,21H,1-3,12H2,(H,20,22)/t17-/m0/s1. The number of rotatable bonds is 4. The van der Waals surface area contributed by atoms with Gasteiger partial charge in [-0.2, -0.15) is 0 Å². The number of carbonyl (C=O) groups is 1. The Hall–Kier alpha value is -2.01. The van der Waals surface area contributed by atoms with Gasteiger partial charge in [0, 0.05) is 16.7 Å². The zero-order valence-electron chi connectivity index (χ0n) is 12.7. The molecule has 1 fully saturated rings. The molecule has 0 spiro atoms. The van der Waals surface area contributed by atoms with Crippen LogP contribution in [-0.2, 0) is 4.79 Å². The Bertz CT molecular complexity index is 656. The van der Waals surface area contributed by atoms with Crippen LogP contribution in [0.15, 0.2) is 53.0 Å². The molecule has 5 heteroatoms. The second-order valence-corrected chi connectivity index (χ2v) is 6.48. The fourth-order valence-corrected chi connectivity index (χ4v) is 2.80. The van der Waals surface area contributed by atoms with Crippen molar-refractivity contribution in [3.63, 3.8) is 0 Å². The maximum absolute atomic E-state index is 12.0. The number of benzene rings is 2. The lowest BCUT2D eigenvalue weighted by atomic mass is 10.1. The molecule has 0 radical (unpaired) electrons. The molecule has 1 heterocycles. The van der Waals surface area contributed by atoms with E-state index in [-0.39, 0.29) is 11.9 Å². The van der Waals surface area contributed by atoms with Crippen LogP contribution in [0.4, 0.5) is 5.69 Å². The summed E-state index contributed by atoms with van der Waals surface area (Å²) in [7, 11) is 0. The highest BCUT2D eigenvalue weighted by Gasteiger charge is 2.19. The second-order valence-electron chi connectivity index (χ2n) is 5.56. The predicted molar refractivity (Wildman–Crippen MR) is 94.9 cm³/mol. The molecule has 0 saturated carbocycles. The van der Waals surface area contributed by atoms with Crippen LogP contribution in [0.3, 0.4) is 0 Å². The van der Waals surface area contributed by atoms with E-state index in [4.69, 9.17) is 4.74 Å². The number of anilines is 1. The minimum atomic E-state index is -0.157. The zero-order valence-corrected chi connectivity index (χ0v) is 14.3. The highest BCUT2D eigenvalue weighted by Crippen LogP contribution is 2.25. The average molecular weight is 375 g/mol. The molecule has 2 aromatic carbocycles. The quantitative estimate of drug-likeness (QED) is 0.837. The van der Waals surface area contributed by atoms with Crippen molar-refractivity contribution in [2.75, 3.05) is 11.9 Å². The van der Waals surface area contributed by atoms with Gasteiger partial charge in [-0.05, 0) is 67.8 Å². The molecule has 1 amide bonds. The van der Waals surface area contributed by atoms with Gasteiger partial charge in [0.15, 0.2) is 0 Å². The topological polar surface area (TPSA) is 50.4 Å². The van der Waals surface area contributed by atoms with Crippen LogP contribution in [0.25, 0.3) is 0 Å². The summed E-state index contributed by atoms with van der Waals surface area (Å²) >= 11 is 3.40. The number of hydrogen-bond donors (Lipinski definition) is 2. The molecule has 0 bridgehead atoms. The molecule has 120 valence electrons. The maximum Gasteiger partial charge on any atom is 0.242 e. The molecule has 1 aliphatic heterocycles. The lowest BCUT2D eigenvalue weighted by Gasteiger charge is -2.16. The minimum Gasteiger partial charge on any atom is -0.457 e. The van der Waals surface area contributed by atoms with Crippen molar-refractivity contribution in [3.8, 4) is 11.5 Å². The van der Waals surface area contributed by atoms with Crippen molar-refractivity contribution >= 4 is 27.5 Å². The fourth-order valence-electron chi connectivity index (χ4n) is 2.54. The number of nitrogens with one attached hydrogen (secondary N) is 2. The number of halogens is 1. The summed E-state index contributed by atoms with van der Waals surface area (Å²) in [5, 5.41) is 6.23. The molecule has 2 N–H and O–H groups in total. The van der Waals surface area contributed by atoms with E-state index in [0.29, 0.717) is 0 Å². The Balaban J connectivity index is 1.62. The highest BCUT2D eigenvalue weighted by atomic mass is 79.9. The van der Waals surface area contributed by atoms with Crippen LogP contribution in [0, 0.1) is 0 Å². The predicted octanol–water partition coefficient (Wildman–Crippen LogP) is 4.32. The van der Waals surface area contributed by atoms with Gasteiger partial charge >= 0.3 is 0 Å². The Morgan fingerprint density at radius 3 is 2.35 bits per heavy atom. The smallest absolute Gasteiger partial charge is 0.242 e. The molecule has 2 aromatic rings. The Labute approximate surface area is 144 Å². The molecule has 0 unspecified atom stereocenters. The number of amides is 1. The van der Waals surface area contributed by atoms with E-state index in [9.17, 15) is 4.79 Å². The van der Waals surface area contributed by atoms with Crippen molar-refractivity contribution in [2.45, 2.75) is 25.3 Å². The van der Waals surface area contributed by atoms with Gasteiger partial charge < -0.3 is 15.4 Å². The number of hydrogen-bond acceptors (Lipinski definition) is 3. The third-order valence-corrected chi connectivity index (χ3v) is 4.31. The summed E-state index contributed by atoms with van der Waals surface area (Å²) in [5.74, 6) is 1.64. The molecular formula is C18H19BrN2O2. The van der Waals surface area contributed by atoms with Crippen molar-refractivity contribution in [1.29, 1.82) is 0 Å². The van der Waals surface area contributed by atoms with Crippen LogP contribution in [0.1, 0.15) is 19.3 Å². The third kappa shape index (κ3) is 4.48. The van der Waals surface area contributed by atoms with Gasteiger partial charge in [-0.3, -0.25) is 4.79 Å². The molecule has 1 aliphatic rings. The third-order valence-electron chi connectivity index (χ3n) is 3.78. The van der Waals surface area contributed by atoms with Crippen molar-refractivity contribution in [3.05, 3.63) is 53.0 Å². The normalized spacial score (nSPS) is 18.0. The summed E-state index contributed by atoms with van der Waals surface area (Å²) in [6.07, 6.45) is 2.97. The molecule has 1 atom stereocenters. The van der Waals surface area contributed by atoms with E-state index in [2.05, 4.69) is 26.6 Å². The van der Waals surface area contributed by atoms with E-state index in [0.717, 1.165) is 47.5 Å². The summed E-state index contributed by atoms with van der Waals surface area (Å²) in [6.45, 7) is 0.775. The summed E-state index contributed by atoms with van der Waals surface area (Å²) in [5.41, 5.74) is 0.926. The second kappa shape index (κ2) is 7.51. The van der Waals surface area contributed by atoms with Crippen molar-refractivity contribution < 1.29 is 9.53 Å². The van der Waals surface area contributed by atoms with E-state index in [1.54, 1.807) is 0 Å². The van der Waals surface area contributed by atoms with Gasteiger partial charge in [0.1, 0.15) is 17.5 Å². The van der Waals surface area contributed by atoms with E-state index >= 15 is 0 Å². The Kier molecular flexibility index (Phi) is 5.18. The summed E-state index contributed by atoms with van der Waals surface area (Å²) < 4.78 is 6.81. The average Bonchev–Trinajstić information content (AvgIpc) is 2.76. The monoisotopic (exact) mass is 374 g/mol. The first-order valence-electron chi connectivity index (χ1n) is 7.78.